The summed E-state index contributed by atoms with van der Waals surface area (Å²) in [6, 6.07) is 30.2. The van der Waals surface area contributed by atoms with Crippen LogP contribution in [-0.4, -0.2) is 19.5 Å². The first kappa shape index (κ1) is 19.6. The van der Waals surface area contributed by atoms with E-state index in [0.29, 0.717) is 16.8 Å². The molecule has 0 fully saturated rings. The zero-order valence-electron chi connectivity index (χ0n) is 17.3. The van der Waals surface area contributed by atoms with E-state index in [2.05, 4.69) is 17.1 Å². The summed E-state index contributed by atoms with van der Waals surface area (Å²) in [6.45, 7) is 0. The van der Waals surface area contributed by atoms with Crippen LogP contribution in [0.2, 0.25) is 5.02 Å². The molecule has 0 N–H and O–H groups in total. The van der Waals surface area contributed by atoms with Crippen molar-refractivity contribution in [2.45, 2.75) is 0 Å². The van der Waals surface area contributed by atoms with Crippen LogP contribution in [0, 0.1) is 5.82 Å². The van der Waals surface area contributed by atoms with Crippen molar-refractivity contribution in [2.75, 3.05) is 0 Å². The van der Waals surface area contributed by atoms with E-state index in [1.807, 2.05) is 71.3 Å². The normalized spacial score (nSPS) is 11.3. The molecule has 6 aromatic rings. The molecule has 33 heavy (non-hydrogen) atoms. The van der Waals surface area contributed by atoms with E-state index in [9.17, 15) is 4.39 Å². The molecule has 0 amide bonds. The van der Waals surface area contributed by atoms with E-state index in [0.717, 1.165) is 27.4 Å². The van der Waals surface area contributed by atoms with Gasteiger partial charge in [0.25, 0.3) is 0 Å². The summed E-state index contributed by atoms with van der Waals surface area (Å²) < 4.78 is 16.8. The fraction of sp³-hybridized carbons (Fsp3) is 0. The van der Waals surface area contributed by atoms with Crippen LogP contribution in [0.3, 0.4) is 0 Å². The van der Waals surface area contributed by atoms with Crippen molar-refractivity contribution in [3.05, 3.63) is 108 Å². The van der Waals surface area contributed by atoms with Crippen LogP contribution >= 0.6 is 11.6 Å². The van der Waals surface area contributed by atoms with Crippen LogP contribution in [0.5, 0.6) is 0 Å². The number of halogens is 2. The minimum absolute atomic E-state index is 0.223. The lowest BCUT2D eigenvalue weighted by molar-refractivity contribution is 0.630. The minimum atomic E-state index is -0.446. The second kappa shape index (κ2) is 7.80. The maximum Gasteiger partial charge on any atom is 0.238 e. The van der Waals surface area contributed by atoms with Gasteiger partial charge in [-0.3, -0.25) is 4.57 Å². The van der Waals surface area contributed by atoms with Crippen molar-refractivity contribution in [1.82, 2.24) is 19.5 Å². The first-order valence-electron chi connectivity index (χ1n) is 10.4. The summed E-state index contributed by atoms with van der Waals surface area (Å²) in [5.41, 5.74) is 2.96. The molecule has 0 atom stereocenters. The molecule has 0 saturated carbocycles. The largest absolute Gasteiger partial charge is 0.278 e. The third-order valence-corrected chi connectivity index (χ3v) is 5.84. The van der Waals surface area contributed by atoms with Gasteiger partial charge in [0.2, 0.25) is 5.95 Å². The molecule has 0 aliphatic carbocycles. The fourth-order valence-corrected chi connectivity index (χ4v) is 4.28. The smallest absolute Gasteiger partial charge is 0.238 e. The van der Waals surface area contributed by atoms with Gasteiger partial charge in [-0.05, 0) is 30.3 Å². The number of hydrogen-bond acceptors (Lipinski definition) is 3. The van der Waals surface area contributed by atoms with E-state index >= 15 is 0 Å². The summed E-state index contributed by atoms with van der Waals surface area (Å²) >= 11 is 6.18. The van der Waals surface area contributed by atoms with Crippen molar-refractivity contribution in [1.29, 1.82) is 0 Å². The molecule has 0 aliphatic heterocycles. The van der Waals surface area contributed by atoms with Gasteiger partial charge < -0.3 is 0 Å². The van der Waals surface area contributed by atoms with Crippen LogP contribution in [0.15, 0.2) is 97.1 Å². The van der Waals surface area contributed by atoms with E-state index in [-0.39, 0.29) is 11.4 Å². The molecule has 2 aromatic heterocycles. The Morgan fingerprint density at radius 2 is 1.24 bits per heavy atom. The Bertz CT molecular complexity index is 1590. The number of benzene rings is 4. The third-order valence-electron chi connectivity index (χ3n) is 5.60. The van der Waals surface area contributed by atoms with Gasteiger partial charge in [-0.25, -0.2) is 9.37 Å². The van der Waals surface area contributed by atoms with Gasteiger partial charge in [0, 0.05) is 21.4 Å². The second-order valence-corrected chi connectivity index (χ2v) is 8.08. The van der Waals surface area contributed by atoms with Crippen LogP contribution in [-0.2, 0) is 0 Å². The molecule has 0 aliphatic rings. The Kier molecular flexibility index (Phi) is 4.63. The van der Waals surface area contributed by atoms with Gasteiger partial charge in [-0.2, -0.15) is 9.97 Å². The fourth-order valence-electron chi connectivity index (χ4n) is 4.11. The third kappa shape index (κ3) is 3.34. The summed E-state index contributed by atoms with van der Waals surface area (Å²) in [5, 5.41) is 2.59. The minimum Gasteiger partial charge on any atom is -0.278 e. The van der Waals surface area contributed by atoms with E-state index < -0.39 is 5.82 Å². The van der Waals surface area contributed by atoms with Crippen LogP contribution in [0.25, 0.3) is 50.5 Å². The first-order chi connectivity index (χ1) is 16.2. The number of aromatic nitrogens is 4. The Balaban J connectivity index is 1.70. The van der Waals surface area contributed by atoms with Gasteiger partial charge >= 0.3 is 0 Å². The number of nitrogens with zero attached hydrogens (tertiary/aromatic N) is 4. The zero-order valence-corrected chi connectivity index (χ0v) is 18.0. The summed E-state index contributed by atoms with van der Waals surface area (Å²) in [7, 11) is 0. The molecule has 2 heterocycles. The molecule has 4 aromatic carbocycles. The highest BCUT2D eigenvalue weighted by Gasteiger charge is 2.18. The van der Waals surface area contributed by atoms with E-state index in [1.165, 1.54) is 18.2 Å². The maximum absolute atomic E-state index is 14.8. The Labute approximate surface area is 194 Å². The van der Waals surface area contributed by atoms with E-state index in [4.69, 9.17) is 21.6 Å². The maximum atomic E-state index is 14.8. The monoisotopic (exact) mass is 450 g/mol. The Morgan fingerprint density at radius 1 is 0.636 bits per heavy atom. The molecule has 0 spiro atoms. The highest BCUT2D eigenvalue weighted by Crippen LogP contribution is 2.32. The Morgan fingerprint density at radius 3 is 1.94 bits per heavy atom. The summed E-state index contributed by atoms with van der Waals surface area (Å²) in [5.74, 6) is 0.644. The molecular weight excluding hydrogens is 435 g/mol. The number of rotatable bonds is 3. The summed E-state index contributed by atoms with van der Waals surface area (Å²) in [4.78, 5) is 14.1. The molecular formula is C27H16ClFN4. The second-order valence-electron chi connectivity index (χ2n) is 7.64. The molecule has 6 rings (SSSR count). The van der Waals surface area contributed by atoms with Crippen molar-refractivity contribution in [3.63, 3.8) is 0 Å². The highest BCUT2D eigenvalue weighted by atomic mass is 35.5. The molecule has 4 nitrogen and oxygen atoms in total. The lowest BCUT2D eigenvalue weighted by Crippen LogP contribution is -2.07. The average Bonchev–Trinajstić information content (AvgIpc) is 3.20. The van der Waals surface area contributed by atoms with Gasteiger partial charge in [0.05, 0.1) is 16.6 Å². The van der Waals surface area contributed by atoms with Crippen molar-refractivity contribution < 1.29 is 4.39 Å². The quantitative estimate of drug-likeness (QED) is 0.289. The Hall–Kier alpha value is -4.09. The van der Waals surface area contributed by atoms with Gasteiger partial charge in [-0.1, -0.05) is 78.3 Å². The molecule has 0 radical (unpaired) electrons. The summed E-state index contributed by atoms with van der Waals surface area (Å²) in [6.07, 6.45) is 0. The SMILES string of the molecule is Fc1ccc(Cl)cc1-c1nc(-c2ccccc2)nc(-n2c3ccccc3c3ccccc32)n1. The van der Waals surface area contributed by atoms with Crippen LogP contribution < -0.4 is 0 Å². The van der Waals surface area contributed by atoms with Crippen LogP contribution in [0.1, 0.15) is 0 Å². The number of hydrogen-bond donors (Lipinski definition) is 0. The predicted octanol–water partition coefficient (Wildman–Crippen LogP) is 7.10. The molecule has 6 heteroatoms. The van der Waals surface area contributed by atoms with Crippen molar-refractivity contribution >= 4 is 33.4 Å². The lowest BCUT2D eigenvalue weighted by atomic mass is 10.2. The standard InChI is InChI=1S/C27H16ClFN4/c28-18-14-15-22(29)21(16-18)26-30-25(17-8-2-1-3-9-17)31-27(32-26)33-23-12-6-4-10-19(23)20-11-5-7-13-24(20)33/h1-16H. The molecule has 158 valence electrons. The topological polar surface area (TPSA) is 43.6 Å². The molecule has 0 saturated heterocycles. The van der Waals surface area contributed by atoms with Gasteiger partial charge in [-0.15, -0.1) is 0 Å². The average molecular weight is 451 g/mol. The van der Waals surface area contributed by atoms with Gasteiger partial charge in [0.15, 0.2) is 11.6 Å². The van der Waals surface area contributed by atoms with Crippen molar-refractivity contribution in [2.24, 2.45) is 0 Å². The highest BCUT2D eigenvalue weighted by molar-refractivity contribution is 6.30. The molecule has 0 bridgehead atoms. The first-order valence-corrected chi connectivity index (χ1v) is 10.8. The number of para-hydroxylation sites is 2. The predicted molar refractivity (Wildman–Crippen MR) is 130 cm³/mol. The number of fused-ring (bicyclic) bond motifs is 3. The molecule has 0 unspecified atom stereocenters. The zero-order chi connectivity index (χ0) is 22.4. The van der Waals surface area contributed by atoms with Crippen LogP contribution in [0.4, 0.5) is 4.39 Å². The van der Waals surface area contributed by atoms with Crippen molar-refractivity contribution in [3.8, 4) is 28.7 Å². The van der Waals surface area contributed by atoms with Gasteiger partial charge in [0.1, 0.15) is 5.82 Å². The lowest BCUT2D eigenvalue weighted by Gasteiger charge is -2.11. The van der Waals surface area contributed by atoms with E-state index in [1.54, 1.807) is 0 Å².